The molecule has 3 nitrogen and oxygen atoms in total. The van der Waals surface area contributed by atoms with E-state index < -0.39 is 0 Å². The van der Waals surface area contributed by atoms with Gasteiger partial charge in [0.1, 0.15) is 6.54 Å². The van der Waals surface area contributed by atoms with Crippen molar-refractivity contribution < 1.29 is 14.3 Å². The van der Waals surface area contributed by atoms with Crippen LogP contribution in [0.1, 0.15) is 20.8 Å². The lowest BCUT2D eigenvalue weighted by molar-refractivity contribution is -0.906. The molecule has 0 bridgehead atoms. The average Bonchev–Trinajstić information content (AvgIpc) is 2.12. The van der Waals surface area contributed by atoms with Crippen LogP contribution in [0, 0.1) is 0 Å². The Kier molecular flexibility index (Phi) is 6.29. The number of likely N-dealkylation sites (N-methyl/N-ethyl adjacent to an activating group) is 1. The molecule has 0 spiro atoms. The first-order valence-corrected chi connectivity index (χ1v) is 5.13. The lowest BCUT2D eigenvalue weighted by atomic mass is 10.4. The third-order valence-electron chi connectivity index (χ3n) is 2.66. The normalized spacial score (nSPS) is 14.5. The maximum absolute atomic E-state index is 8.97. The minimum atomic E-state index is -0.345. The van der Waals surface area contributed by atoms with Gasteiger partial charge in [0.05, 0.1) is 39.5 Å². The van der Waals surface area contributed by atoms with Crippen molar-refractivity contribution in [2.24, 2.45) is 0 Å². The summed E-state index contributed by atoms with van der Waals surface area (Å²) in [5.41, 5.74) is 0. The Morgan fingerprint density at radius 3 is 2.23 bits per heavy atom. The first kappa shape index (κ1) is 12.9. The van der Waals surface area contributed by atoms with Gasteiger partial charge in [0.2, 0.25) is 0 Å². The zero-order valence-electron chi connectivity index (χ0n) is 9.42. The van der Waals surface area contributed by atoms with Crippen LogP contribution in [0.5, 0.6) is 0 Å². The van der Waals surface area contributed by atoms with Crippen LogP contribution in [-0.2, 0) is 4.74 Å². The van der Waals surface area contributed by atoms with Gasteiger partial charge in [0, 0.05) is 0 Å². The molecule has 0 heterocycles. The number of quaternary nitrogens is 1. The highest BCUT2D eigenvalue weighted by Crippen LogP contribution is 2.00. The van der Waals surface area contributed by atoms with Gasteiger partial charge in [-0.05, 0) is 20.8 Å². The van der Waals surface area contributed by atoms with E-state index in [1.54, 1.807) is 6.92 Å². The topological polar surface area (TPSA) is 29.5 Å². The second-order valence-corrected chi connectivity index (χ2v) is 3.90. The third kappa shape index (κ3) is 6.02. The molecule has 0 saturated heterocycles. The Balaban J connectivity index is 3.50. The van der Waals surface area contributed by atoms with Gasteiger partial charge in [-0.1, -0.05) is 0 Å². The summed E-state index contributed by atoms with van der Waals surface area (Å²) in [7, 11) is 2.23. The molecule has 1 unspecified atom stereocenters. The van der Waals surface area contributed by atoms with Crippen LogP contribution in [0.25, 0.3) is 0 Å². The fraction of sp³-hybridized carbons (Fsp3) is 1.00. The fourth-order valence-electron chi connectivity index (χ4n) is 1.08. The lowest BCUT2D eigenvalue weighted by Gasteiger charge is -2.31. The molecular formula is C10H24NO2+. The van der Waals surface area contributed by atoms with E-state index in [-0.39, 0.29) is 6.10 Å². The van der Waals surface area contributed by atoms with E-state index in [0.717, 1.165) is 30.7 Å². The molecule has 13 heavy (non-hydrogen) atoms. The highest BCUT2D eigenvalue weighted by Gasteiger charge is 2.15. The number of hydrogen-bond donors (Lipinski definition) is 1. The summed E-state index contributed by atoms with van der Waals surface area (Å²) < 4.78 is 6.37. The van der Waals surface area contributed by atoms with Crippen molar-refractivity contribution in [2.45, 2.75) is 26.9 Å². The number of aliphatic hydroxyl groups excluding tert-OH is 1. The Morgan fingerprint density at radius 2 is 1.85 bits per heavy atom. The molecule has 0 aromatic rings. The third-order valence-corrected chi connectivity index (χ3v) is 2.66. The van der Waals surface area contributed by atoms with Gasteiger partial charge in [-0.15, -0.1) is 0 Å². The van der Waals surface area contributed by atoms with Crippen LogP contribution in [0.2, 0.25) is 0 Å². The van der Waals surface area contributed by atoms with Gasteiger partial charge in [0.15, 0.2) is 0 Å². The highest BCUT2D eigenvalue weighted by atomic mass is 16.5. The molecule has 1 N–H and O–H groups in total. The van der Waals surface area contributed by atoms with Gasteiger partial charge in [-0.2, -0.15) is 0 Å². The van der Waals surface area contributed by atoms with E-state index in [2.05, 4.69) is 20.9 Å². The molecule has 3 heteroatoms. The molecule has 0 saturated carbocycles. The highest BCUT2D eigenvalue weighted by molar-refractivity contribution is 4.41. The molecule has 0 aromatic heterocycles. The van der Waals surface area contributed by atoms with Gasteiger partial charge in [-0.3, -0.25) is 0 Å². The predicted molar refractivity (Wildman–Crippen MR) is 54.6 cm³/mol. The first-order chi connectivity index (χ1) is 6.04. The van der Waals surface area contributed by atoms with E-state index in [4.69, 9.17) is 9.84 Å². The smallest absolute Gasteiger partial charge is 0.102 e. The molecule has 0 radical (unpaired) electrons. The Bertz CT molecular complexity index is 122. The Labute approximate surface area is 81.9 Å². The quantitative estimate of drug-likeness (QED) is 0.477. The average molecular weight is 190 g/mol. The van der Waals surface area contributed by atoms with Crippen LogP contribution in [0.15, 0.2) is 0 Å². The molecule has 1 atom stereocenters. The zero-order chi connectivity index (χ0) is 10.3. The van der Waals surface area contributed by atoms with Gasteiger partial charge < -0.3 is 14.3 Å². The zero-order valence-corrected chi connectivity index (χ0v) is 9.42. The van der Waals surface area contributed by atoms with E-state index in [1.807, 2.05) is 0 Å². The monoisotopic (exact) mass is 190 g/mol. The predicted octanol–water partition coefficient (Wildman–Crippen LogP) is 0.870. The molecule has 0 aliphatic rings. The number of hydrogen-bond acceptors (Lipinski definition) is 2. The molecule has 0 rings (SSSR count). The van der Waals surface area contributed by atoms with E-state index in [0.29, 0.717) is 6.61 Å². The van der Waals surface area contributed by atoms with Crippen molar-refractivity contribution in [3.05, 3.63) is 0 Å². The van der Waals surface area contributed by atoms with Gasteiger partial charge >= 0.3 is 0 Å². The largest absolute Gasteiger partial charge is 0.391 e. The van der Waals surface area contributed by atoms with Crippen molar-refractivity contribution in [3.63, 3.8) is 0 Å². The molecule has 80 valence electrons. The fourth-order valence-corrected chi connectivity index (χ4v) is 1.08. The van der Waals surface area contributed by atoms with Crippen molar-refractivity contribution in [1.29, 1.82) is 0 Å². The minimum Gasteiger partial charge on any atom is -0.391 e. The van der Waals surface area contributed by atoms with Crippen LogP contribution < -0.4 is 0 Å². The van der Waals surface area contributed by atoms with Crippen LogP contribution in [0.3, 0.4) is 0 Å². The molecular weight excluding hydrogens is 166 g/mol. The molecule has 0 fully saturated rings. The summed E-state index contributed by atoms with van der Waals surface area (Å²) in [6, 6.07) is 0. The van der Waals surface area contributed by atoms with E-state index in [1.165, 1.54) is 0 Å². The van der Waals surface area contributed by atoms with Crippen LogP contribution >= 0.6 is 0 Å². The maximum Gasteiger partial charge on any atom is 0.102 e. The van der Waals surface area contributed by atoms with Gasteiger partial charge in [0.25, 0.3) is 0 Å². The minimum absolute atomic E-state index is 0.345. The Hall–Kier alpha value is -0.120. The SMILES string of the molecule is CC[N+](C)(CC)CCOCC(C)O. The van der Waals surface area contributed by atoms with Gasteiger partial charge in [-0.25, -0.2) is 0 Å². The van der Waals surface area contributed by atoms with Crippen molar-refractivity contribution in [1.82, 2.24) is 0 Å². The summed E-state index contributed by atoms with van der Waals surface area (Å²) in [5.74, 6) is 0. The summed E-state index contributed by atoms with van der Waals surface area (Å²) in [6.07, 6.45) is -0.345. The summed E-state index contributed by atoms with van der Waals surface area (Å²) in [5, 5.41) is 8.97. The maximum atomic E-state index is 8.97. The number of rotatable bonds is 7. The van der Waals surface area contributed by atoms with Crippen molar-refractivity contribution >= 4 is 0 Å². The number of ether oxygens (including phenoxy) is 1. The Morgan fingerprint density at radius 1 is 1.31 bits per heavy atom. The molecule has 0 aliphatic carbocycles. The standard InChI is InChI=1S/C10H24NO2/c1-5-11(4,6-2)7-8-13-9-10(3)12/h10,12H,5-9H2,1-4H3/q+1. The summed E-state index contributed by atoms with van der Waals surface area (Å²) in [6.45, 7) is 10.6. The van der Waals surface area contributed by atoms with E-state index in [9.17, 15) is 0 Å². The van der Waals surface area contributed by atoms with E-state index >= 15 is 0 Å². The molecule has 0 aliphatic heterocycles. The number of aliphatic hydroxyl groups is 1. The molecule has 0 aromatic carbocycles. The van der Waals surface area contributed by atoms with Crippen LogP contribution in [0.4, 0.5) is 0 Å². The molecule has 0 amide bonds. The van der Waals surface area contributed by atoms with Crippen molar-refractivity contribution in [3.8, 4) is 0 Å². The summed E-state index contributed by atoms with van der Waals surface area (Å²) in [4.78, 5) is 0. The second-order valence-electron chi connectivity index (χ2n) is 3.90. The number of nitrogens with zero attached hydrogens (tertiary/aromatic N) is 1. The van der Waals surface area contributed by atoms with Crippen LogP contribution in [-0.4, -0.2) is 55.6 Å². The first-order valence-electron chi connectivity index (χ1n) is 5.13. The second kappa shape index (κ2) is 6.35. The van der Waals surface area contributed by atoms with Crippen molar-refractivity contribution in [2.75, 3.05) is 39.9 Å². The summed E-state index contributed by atoms with van der Waals surface area (Å²) >= 11 is 0. The lowest BCUT2D eigenvalue weighted by Crippen LogP contribution is -2.46.